The average Bonchev–Trinajstić information content (AvgIpc) is 3.55. The van der Waals surface area contributed by atoms with Crippen LogP contribution in [0, 0.1) is 5.82 Å². The molecule has 1 atom stereocenters. The largest absolute Gasteiger partial charge is 0.432 e. The molecule has 3 aromatic heterocycles. The summed E-state index contributed by atoms with van der Waals surface area (Å²) in [6, 6.07) is 15.7. The molecule has 5 aromatic rings. The fraction of sp³-hybridized carbons (Fsp3) is 0.241. The van der Waals surface area contributed by atoms with Crippen molar-refractivity contribution in [2.24, 2.45) is 0 Å². The molecule has 0 bridgehead atoms. The molecule has 10 heteroatoms. The Labute approximate surface area is 224 Å². The molecule has 1 saturated heterocycles. The van der Waals surface area contributed by atoms with E-state index in [1.807, 2.05) is 58.6 Å². The summed E-state index contributed by atoms with van der Waals surface area (Å²) in [5.74, 6) is 0.581. The second kappa shape index (κ2) is 10.2. The van der Waals surface area contributed by atoms with Crippen LogP contribution in [-0.2, 0) is 0 Å². The number of amides is 1. The number of likely N-dealkylation sites (tertiary alicyclic amines) is 1. The highest BCUT2D eigenvalue weighted by molar-refractivity contribution is 5.94. The van der Waals surface area contributed by atoms with Gasteiger partial charge >= 0.3 is 5.84 Å². The molecule has 39 heavy (non-hydrogen) atoms. The predicted octanol–water partition coefficient (Wildman–Crippen LogP) is 4.97. The lowest BCUT2D eigenvalue weighted by molar-refractivity contribution is 0.0714. The van der Waals surface area contributed by atoms with E-state index in [2.05, 4.69) is 15.3 Å². The Hall–Kier alpha value is -4.73. The fourth-order valence-electron chi connectivity index (χ4n) is 4.95. The standard InChI is InChI=1S/C29H28FN7O2/c1-35(2)23-11-7-20(8-12-23)27(38)36-15-3-4-22(18-36)32-28-31-14-13-24(33-28)26-25(19-5-9-21(30)10-6-19)34-29-37(26)16-17-39-29/h5-14,16-17,22H,3-4,15,18H2,1-2H3,(H,31,32,33)/t22-/m0/s1. The molecule has 4 heterocycles. The number of hydrogen-bond donors (Lipinski definition) is 1. The minimum Gasteiger partial charge on any atom is -0.432 e. The smallest absolute Gasteiger partial charge is 0.306 e. The average molecular weight is 526 g/mol. The number of fused-ring (bicyclic) bond motifs is 1. The number of hydrogen-bond acceptors (Lipinski definition) is 7. The number of imidazole rings is 1. The van der Waals surface area contributed by atoms with Gasteiger partial charge in [-0.3, -0.25) is 9.20 Å². The molecule has 1 fully saturated rings. The number of aromatic nitrogens is 4. The van der Waals surface area contributed by atoms with Gasteiger partial charge in [-0.25, -0.2) is 14.4 Å². The maximum absolute atomic E-state index is 13.6. The van der Waals surface area contributed by atoms with Crippen molar-refractivity contribution in [2.75, 3.05) is 37.4 Å². The Balaban J connectivity index is 1.23. The van der Waals surface area contributed by atoms with Gasteiger partial charge in [0.05, 0.1) is 5.69 Å². The van der Waals surface area contributed by atoms with Gasteiger partial charge in [0.1, 0.15) is 23.5 Å². The summed E-state index contributed by atoms with van der Waals surface area (Å²) >= 11 is 0. The van der Waals surface area contributed by atoms with Gasteiger partial charge in [0.25, 0.3) is 5.91 Å². The molecule has 0 saturated carbocycles. The Kier molecular flexibility index (Phi) is 6.44. The maximum Gasteiger partial charge on any atom is 0.306 e. The first-order chi connectivity index (χ1) is 19.0. The zero-order valence-corrected chi connectivity index (χ0v) is 21.7. The number of oxazole rings is 1. The van der Waals surface area contributed by atoms with Gasteiger partial charge in [-0.05, 0) is 67.4 Å². The second-order valence-corrected chi connectivity index (χ2v) is 9.81. The van der Waals surface area contributed by atoms with E-state index < -0.39 is 0 Å². The van der Waals surface area contributed by atoms with Crippen molar-refractivity contribution in [1.82, 2.24) is 24.3 Å². The first kappa shape index (κ1) is 24.6. The minimum absolute atomic E-state index is 0.00921. The van der Waals surface area contributed by atoms with Crippen LogP contribution in [0.2, 0.25) is 0 Å². The normalized spacial score (nSPS) is 15.5. The third-order valence-electron chi connectivity index (χ3n) is 6.95. The van der Waals surface area contributed by atoms with E-state index in [4.69, 9.17) is 9.40 Å². The van der Waals surface area contributed by atoms with Crippen LogP contribution in [0.5, 0.6) is 0 Å². The van der Waals surface area contributed by atoms with Crippen LogP contribution in [0.25, 0.3) is 28.5 Å². The molecule has 0 unspecified atom stereocenters. The second-order valence-electron chi connectivity index (χ2n) is 9.81. The van der Waals surface area contributed by atoms with E-state index in [9.17, 15) is 9.18 Å². The maximum atomic E-state index is 13.6. The molecule has 0 radical (unpaired) electrons. The van der Waals surface area contributed by atoms with E-state index in [-0.39, 0.29) is 17.8 Å². The number of carbonyl (C=O) groups is 1. The highest BCUT2D eigenvalue weighted by Crippen LogP contribution is 2.32. The lowest BCUT2D eigenvalue weighted by atomic mass is 10.0. The molecule has 1 amide bonds. The molecule has 9 nitrogen and oxygen atoms in total. The van der Waals surface area contributed by atoms with Crippen molar-refractivity contribution in [1.29, 1.82) is 0 Å². The van der Waals surface area contributed by atoms with Gasteiger partial charge in [0.15, 0.2) is 0 Å². The van der Waals surface area contributed by atoms with Crippen LogP contribution in [0.3, 0.4) is 0 Å². The monoisotopic (exact) mass is 525 g/mol. The highest BCUT2D eigenvalue weighted by Gasteiger charge is 2.26. The highest BCUT2D eigenvalue weighted by atomic mass is 19.1. The number of piperidine rings is 1. The zero-order chi connectivity index (χ0) is 26.9. The Morgan fingerprint density at radius 1 is 1.08 bits per heavy atom. The first-order valence-electron chi connectivity index (χ1n) is 12.8. The number of anilines is 2. The van der Waals surface area contributed by atoms with Crippen LogP contribution in [-0.4, -0.2) is 63.4 Å². The van der Waals surface area contributed by atoms with Crippen LogP contribution >= 0.6 is 0 Å². The van der Waals surface area contributed by atoms with Crippen molar-refractivity contribution in [2.45, 2.75) is 18.9 Å². The molecule has 1 aliphatic rings. The lowest BCUT2D eigenvalue weighted by Gasteiger charge is -2.33. The summed E-state index contributed by atoms with van der Waals surface area (Å²) < 4.78 is 20.9. The van der Waals surface area contributed by atoms with E-state index in [1.54, 1.807) is 30.8 Å². The summed E-state index contributed by atoms with van der Waals surface area (Å²) in [6.45, 7) is 1.27. The molecule has 1 N–H and O–H groups in total. The van der Waals surface area contributed by atoms with Crippen molar-refractivity contribution in [3.05, 3.63) is 84.6 Å². The zero-order valence-electron chi connectivity index (χ0n) is 21.7. The Morgan fingerprint density at radius 3 is 2.64 bits per heavy atom. The third kappa shape index (κ3) is 4.93. The van der Waals surface area contributed by atoms with Gasteiger partial charge in [-0.1, -0.05) is 0 Å². The molecule has 0 aliphatic carbocycles. The molecule has 6 rings (SSSR count). The summed E-state index contributed by atoms with van der Waals surface area (Å²) in [7, 11) is 3.95. The third-order valence-corrected chi connectivity index (χ3v) is 6.95. The number of benzene rings is 2. The van der Waals surface area contributed by atoms with Crippen molar-refractivity contribution in [3.8, 4) is 22.6 Å². The topological polar surface area (TPSA) is 91.8 Å². The van der Waals surface area contributed by atoms with Gasteiger partial charge < -0.3 is 19.5 Å². The molecule has 1 aliphatic heterocycles. The summed E-state index contributed by atoms with van der Waals surface area (Å²) in [5.41, 5.74) is 4.47. The SMILES string of the molecule is CN(C)c1ccc(C(=O)N2CCC[C@H](Nc3nccc(-c4c(-c5ccc(F)cc5)nc5occn45)n3)C2)cc1. The van der Waals surface area contributed by atoms with Crippen molar-refractivity contribution < 1.29 is 13.6 Å². The van der Waals surface area contributed by atoms with Crippen molar-refractivity contribution >= 4 is 23.4 Å². The number of nitrogens with zero attached hydrogens (tertiary/aromatic N) is 6. The number of halogens is 1. The molecule has 198 valence electrons. The number of rotatable bonds is 6. The summed E-state index contributed by atoms with van der Waals surface area (Å²) in [6.07, 6.45) is 6.80. The fourth-order valence-corrected chi connectivity index (χ4v) is 4.95. The summed E-state index contributed by atoms with van der Waals surface area (Å²) in [5, 5.41) is 3.43. The molecule has 2 aromatic carbocycles. The Bertz CT molecular complexity index is 1610. The molecule has 0 spiro atoms. The molecular formula is C29H28FN7O2. The quantitative estimate of drug-likeness (QED) is 0.335. The van der Waals surface area contributed by atoms with E-state index >= 15 is 0 Å². The number of carbonyl (C=O) groups excluding carboxylic acids is 1. The predicted molar refractivity (Wildman–Crippen MR) is 147 cm³/mol. The van der Waals surface area contributed by atoms with E-state index in [1.165, 1.54) is 12.1 Å². The lowest BCUT2D eigenvalue weighted by Crippen LogP contribution is -2.45. The van der Waals surface area contributed by atoms with E-state index in [0.717, 1.165) is 29.8 Å². The van der Waals surface area contributed by atoms with Crippen LogP contribution in [0.4, 0.5) is 16.0 Å². The van der Waals surface area contributed by atoms with Gasteiger partial charge in [-0.2, -0.15) is 4.98 Å². The Morgan fingerprint density at radius 2 is 1.87 bits per heavy atom. The minimum atomic E-state index is -0.317. The molecular weight excluding hydrogens is 497 g/mol. The van der Waals surface area contributed by atoms with Gasteiger partial charge in [0.2, 0.25) is 5.95 Å². The first-order valence-corrected chi connectivity index (χ1v) is 12.8. The van der Waals surface area contributed by atoms with Gasteiger partial charge in [0, 0.05) is 62.4 Å². The van der Waals surface area contributed by atoms with Gasteiger partial charge in [-0.15, -0.1) is 0 Å². The van der Waals surface area contributed by atoms with E-state index in [0.29, 0.717) is 41.8 Å². The number of nitrogens with one attached hydrogen (secondary N) is 1. The van der Waals surface area contributed by atoms with Crippen LogP contribution < -0.4 is 10.2 Å². The summed E-state index contributed by atoms with van der Waals surface area (Å²) in [4.78, 5) is 30.9. The van der Waals surface area contributed by atoms with Crippen molar-refractivity contribution in [3.63, 3.8) is 0 Å². The van der Waals surface area contributed by atoms with Crippen LogP contribution in [0.15, 0.2) is 77.7 Å². The van der Waals surface area contributed by atoms with Crippen LogP contribution in [0.1, 0.15) is 23.2 Å².